The lowest BCUT2D eigenvalue weighted by molar-refractivity contribution is -0.384. The van der Waals surface area contributed by atoms with Crippen molar-refractivity contribution in [3.63, 3.8) is 0 Å². The predicted octanol–water partition coefficient (Wildman–Crippen LogP) is 2.12. The molecule has 8 heteroatoms. The molecule has 2 aromatic rings. The molecule has 0 aromatic carbocycles. The zero-order valence-corrected chi connectivity index (χ0v) is 12.1. The van der Waals surface area contributed by atoms with Gasteiger partial charge in [-0.15, -0.1) is 5.10 Å². The highest BCUT2D eigenvalue weighted by atomic mass is 16.6. The highest BCUT2D eigenvalue weighted by molar-refractivity contribution is 5.54. The molecule has 0 atom stereocenters. The fourth-order valence-corrected chi connectivity index (χ4v) is 1.80. The summed E-state index contributed by atoms with van der Waals surface area (Å²) in [6.07, 6.45) is 3.00. The summed E-state index contributed by atoms with van der Waals surface area (Å²) < 4.78 is 7.00. The van der Waals surface area contributed by atoms with E-state index in [4.69, 9.17) is 4.74 Å². The van der Waals surface area contributed by atoms with Gasteiger partial charge in [0.25, 0.3) is 0 Å². The van der Waals surface area contributed by atoms with E-state index >= 15 is 0 Å². The molecule has 8 nitrogen and oxygen atoms in total. The third kappa shape index (κ3) is 3.68. The average Bonchev–Trinajstić information content (AvgIpc) is 2.78. The maximum atomic E-state index is 10.9. The van der Waals surface area contributed by atoms with Gasteiger partial charge >= 0.3 is 5.69 Å². The Morgan fingerprint density at radius 1 is 1.52 bits per heavy atom. The number of rotatable bonds is 6. The maximum absolute atomic E-state index is 10.9. The first-order valence-electron chi connectivity index (χ1n) is 6.50. The molecule has 0 bridgehead atoms. The van der Waals surface area contributed by atoms with Crippen LogP contribution in [0.25, 0.3) is 0 Å². The number of pyridine rings is 1. The Hall–Kier alpha value is -2.64. The zero-order chi connectivity index (χ0) is 15.4. The van der Waals surface area contributed by atoms with E-state index < -0.39 is 4.92 Å². The van der Waals surface area contributed by atoms with Gasteiger partial charge in [-0.1, -0.05) is 6.07 Å². The van der Waals surface area contributed by atoms with Crippen molar-refractivity contribution in [3.8, 4) is 5.88 Å². The number of aryl methyl sites for hydroxylation is 1. The van der Waals surface area contributed by atoms with Gasteiger partial charge in [-0.05, 0) is 19.9 Å². The van der Waals surface area contributed by atoms with Crippen LogP contribution >= 0.6 is 0 Å². The van der Waals surface area contributed by atoms with Gasteiger partial charge in [0, 0.05) is 25.4 Å². The molecular weight excluding hydrogens is 274 g/mol. The van der Waals surface area contributed by atoms with Crippen LogP contribution in [0.4, 0.5) is 11.5 Å². The number of aromatic nitrogens is 3. The van der Waals surface area contributed by atoms with Crippen LogP contribution in [0.1, 0.15) is 19.4 Å². The monoisotopic (exact) mass is 291 g/mol. The molecule has 0 aliphatic heterocycles. The summed E-state index contributed by atoms with van der Waals surface area (Å²) in [5.41, 5.74) is 0.749. The summed E-state index contributed by atoms with van der Waals surface area (Å²) in [4.78, 5) is 14.6. The summed E-state index contributed by atoms with van der Waals surface area (Å²) in [6, 6.07) is 3.64. The molecule has 0 radical (unpaired) electrons. The standard InChI is InChI=1S/C13H17N5O3/c1-9(2)21-13-10(5-4-6-14-13)7-15-12-11(18(19)20)8-17(3)16-12/h4-6,8-9H,7H2,1-3H3,(H,15,16). The average molecular weight is 291 g/mol. The number of ether oxygens (including phenoxy) is 1. The normalized spacial score (nSPS) is 10.7. The number of anilines is 1. The molecule has 2 heterocycles. The van der Waals surface area contributed by atoms with E-state index in [1.165, 1.54) is 10.9 Å². The van der Waals surface area contributed by atoms with Gasteiger partial charge in [0.1, 0.15) is 6.20 Å². The molecule has 0 amide bonds. The molecule has 0 saturated heterocycles. The SMILES string of the molecule is CC(C)Oc1ncccc1CNc1nn(C)cc1[N+](=O)[O-]. The molecule has 21 heavy (non-hydrogen) atoms. The molecule has 2 rings (SSSR count). The Balaban J connectivity index is 2.15. The molecule has 112 valence electrons. The number of hydrogen-bond donors (Lipinski definition) is 1. The lowest BCUT2D eigenvalue weighted by atomic mass is 10.2. The third-order valence-electron chi connectivity index (χ3n) is 2.65. The van der Waals surface area contributed by atoms with E-state index in [0.29, 0.717) is 12.4 Å². The van der Waals surface area contributed by atoms with E-state index in [1.807, 2.05) is 19.9 Å². The van der Waals surface area contributed by atoms with Gasteiger partial charge in [0.15, 0.2) is 0 Å². The fourth-order valence-electron chi connectivity index (χ4n) is 1.80. The number of nitrogens with zero attached hydrogens (tertiary/aromatic N) is 4. The van der Waals surface area contributed by atoms with Crippen LogP contribution in [0.3, 0.4) is 0 Å². The van der Waals surface area contributed by atoms with Crippen molar-refractivity contribution in [3.05, 3.63) is 40.2 Å². The van der Waals surface area contributed by atoms with Crippen molar-refractivity contribution in [1.29, 1.82) is 0 Å². The van der Waals surface area contributed by atoms with Crippen LogP contribution in [-0.2, 0) is 13.6 Å². The van der Waals surface area contributed by atoms with Crippen molar-refractivity contribution >= 4 is 11.5 Å². The topological polar surface area (TPSA) is 95.1 Å². The minimum Gasteiger partial charge on any atom is -0.475 e. The Labute approximate surface area is 121 Å². The van der Waals surface area contributed by atoms with Crippen molar-refractivity contribution in [2.24, 2.45) is 7.05 Å². The van der Waals surface area contributed by atoms with E-state index in [0.717, 1.165) is 5.56 Å². The second-order valence-electron chi connectivity index (χ2n) is 4.78. The molecule has 0 unspecified atom stereocenters. The second-order valence-corrected chi connectivity index (χ2v) is 4.78. The Morgan fingerprint density at radius 2 is 2.29 bits per heavy atom. The molecule has 0 spiro atoms. The molecule has 1 N–H and O–H groups in total. The van der Waals surface area contributed by atoms with Crippen molar-refractivity contribution in [2.45, 2.75) is 26.5 Å². The molecule has 0 aliphatic carbocycles. The van der Waals surface area contributed by atoms with Crippen molar-refractivity contribution in [2.75, 3.05) is 5.32 Å². The smallest absolute Gasteiger partial charge is 0.330 e. The minimum atomic E-state index is -0.468. The first-order chi connectivity index (χ1) is 9.97. The zero-order valence-electron chi connectivity index (χ0n) is 12.1. The molecule has 0 saturated carbocycles. The lowest BCUT2D eigenvalue weighted by Gasteiger charge is -2.12. The Morgan fingerprint density at radius 3 is 2.95 bits per heavy atom. The van der Waals surface area contributed by atoms with Gasteiger partial charge in [0.2, 0.25) is 11.7 Å². The predicted molar refractivity (Wildman–Crippen MR) is 77.2 cm³/mol. The van der Waals surface area contributed by atoms with Gasteiger partial charge < -0.3 is 10.1 Å². The maximum Gasteiger partial charge on any atom is 0.330 e. The minimum absolute atomic E-state index is 0.00263. The van der Waals surface area contributed by atoms with E-state index in [2.05, 4.69) is 15.4 Å². The Bertz CT molecular complexity index is 638. The van der Waals surface area contributed by atoms with Gasteiger partial charge in [-0.2, -0.15) is 0 Å². The molecule has 2 aromatic heterocycles. The van der Waals surface area contributed by atoms with Crippen LogP contribution in [0.15, 0.2) is 24.5 Å². The summed E-state index contributed by atoms with van der Waals surface area (Å²) in [5, 5.41) is 17.9. The summed E-state index contributed by atoms with van der Waals surface area (Å²) in [5.74, 6) is 0.737. The molecular formula is C13H17N5O3. The van der Waals surface area contributed by atoms with E-state index in [-0.39, 0.29) is 17.6 Å². The Kier molecular flexibility index (Phi) is 4.36. The number of nitro groups is 1. The van der Waals surface area contributed by atoms with Crippen LogP contribution in [0.5, 0.6) is 5.88 Å². The second kappa shape index (κ2) is 6.21. The van der Waals surface area contributed by atoms with E-state index in [9.17, 15) is 10.1 Å². The van der Waals surface area contributed by atoms with Crippen LogP contribution in [0, 0.1) is 10.1 Å². The number of nitrogens with one attached hydrogen (secondary N) is 1. The highest BCUT2D eigenvalue weighted by Gasteiger charge is 2.18. The van der Waals surface area contributed by atoms with Crippen LogP contribution in [-0.4, -0.2) is 25.8 Å². The highest BCUT2D eigenvalue weighted by Crippen LogP contribution is 2.23. The largest absolute Gasteiger partial charge is 0.475 e. The molecule has 0 aliphatic rings. The van der Waals surface area contributed by atoms with Gasteiger partial charge in [0.05, 0.1) is 11.0 Å². The summed E-state index contributed by atoms with van der Waals surface area (Å²) in [7, 11) is 1.63. The first-order valence-corrected chi connectivity index (χ1v) is 6.50. The third-order valence-corrected chi connectivity index (χ3v) is 2.65. The van der Waals surface area contributed by atoms with Crippen molar-refractivity contribution < 1.29 is 9.66 Å². The van der Waals surface area contributed by atoms with Crippen LogP contribution < -0.4 is 10.1 Å². The summed E-state index contributed by atoms with van der Waals surface area (Å²) >= 11 is 0. The van der Waals surface area contributed by atoms with Crippen molar-refractivity contribution in [1.82, 2.24) is 14.8 Å². The summed E-state index contributed by atoms with van der Waals surface area (Å²) in [6.45, 7) is 4.17. The quantitative estimate of drug-likeness (QED) is 0.647. The molecule has 0 fully saturated rings. The van der Waals surface area contributed by atoms with Gasteiger partial charge in [-0.3, -0.25) is 14.8 Å². The van der Waals surface area contributed by atoms with Gasteiger partial charge in [-0.25, -0.2) is 4.98 Å². The van der Waals surface area contributed by atoms with Crippen LogP contribution in [0.2, 0.25) is 0 Å². The number of hydrogen-bond acceptors (Lipinski definition) is 6. The lowest BCUT2D eigenvalue weighted by Crippen LogP contribution is -2.11. The van der Waals surface area contributed by atoms with E-state index in [1.54, 1.807) is 19.3 Å². The first kappa shape index (κ1) is 14.8. The fraction of sp³-hybridized carbons (Fsp3) is 0.385.